The highest BCUT2D eigenvalue weighted by Crippen LogP contribution is 2.49. The molecule has 0 bridgehead atoms. The molecule has 8 unspecified atom stereocenters. The highest BCUT2D eigenvalue weighted by Gasteiger charge is 2.33. The molecule has 0 aliphatic rings. The van der Waals surface area contributed by atoms with Crippen LogP contribution >= 0.6 is 46.9 Å². The second kappa shape index (κ2) is 30.5. The molecular weight excluding hydrogens is 928 g/mol. The van der Waals surface area contributed by atoms with Gasteiger partial charge >= 0.3 is 46.9 Å². The average molecular weight is 981 g/mol. The Morgan fingerprint density at radius 1 is 0.397 bits per heavy atom. The Hall–Kier alpha value is 0.380. The quantitative estimate of drug-likeness (QED) is 0.0188. The van der Waals surface area contributed by atoms with Crippen molar-refractivity contribution < 1.29 is 131 Å². The summed E-state index contributed by atoms with van der Waals surface area (Å²) in [7, 11) is -25.2. The summed E-state index contributed by atoms with van der Waals surface area (Å²) in [5, 5.41) is 17.0. The molecule has 0 amide bonds. The van der Waals surface area contributed by atoms with Gasteiger partial charge in [0.1, 0.15) is 18.3 Å². The minimum atomic E-state index is -5.07. The molecule has 31 nitrogen and oxygen atoms in total. The van der Waals surface area contributed by atoms with E-state index in [1.165, 1.54) is 14.1 Å². The number of aliphatic hydroxyl groups excluding tert-OH is 1. The summed E-state index contributed by atoms with van der Waals surface area (Å²) in [6.07, 6.45) is -4.34. The van der Waals surface area contributed by atoms with Gasteiger partial charge in [0.25, 0.3) is 0 Å². The van der Waals surface area contributed by atoms with E-state index < -0.39 is 138 Å². The molecule has 0 fully saturated rings. The molecule has 8 atom stereocenters. The van der Waals surface area contributed by atoms with Crippen molar-refractivity contribution in [3.8, 4) is 0 Å². The van der Waals surface area contributed by atoms with Crippen molar-refractivity contribution >= 4 is 46.9 Å². The molecule has 0 aliphatic carbocycles. The van der Waals surface area contributed by atoms with Crippen LogP contribution in [-0.4, -0.2) is 178 Å². The summed E-state index contributed by atoms with van der Waals surface area (Å²) in [6.45, 7) is -9.00. The molecular formula is C21H53N3O28P6. The van der Waals surface area contributed by atoms with Gasteiger partial charge in [0.05, 0.1) is 99.5 Å². The maximum Gasteiger partial charge on any atom is 0.472 e. The van der Waals surface area contributed by atoms with Gasteiger partial charge in [-0.15, -0.1) is 0 Å². The minimum absolute atomic E-state index is 0.0518. The van der Waals surface area contributed by atoms with Crippen LogP contribution in [0.5, 0.6) is 0 Å². The van der Waals surface area contributed by atoms with E-state index in [0.29, 0.717) is 0 Å². The summed E-state index contributed by atoms with van der Waals surface area (Å²) in [5.74, 6) is 0. The maximum atomic E-state index is 12.5. The van der Waals surface area contributed by atoms with Crippen molar-refractivity contribution in [3.63, 3.8) is 0 Å². The van der Waals surface area contributed by atoms with Gasteiger partial charge in [0.15, 0.2) is 0 Å². The Balaban J connectivity index is 4.80. The van der Waals surface area contributed by atoms with Crippen LogP contribution in [0.1, 0.15) is 0 Å². The normalized spacial score (nSPS) is 19.3. The molecule has 0 aromatic heterocycles. The van der Waals surface area contributed by atoms with E-state index >= 15 is 0 Å². The second-order valence-corrected chi connectivity index (χ2v) is 18.8. The predicted octanol–water partition coefficient (Wildman–Crippen LogP) is -1.56. The summed E-state index contributed by atoms with van der Waals surface area (Å²) in [4.78, 5) is 67.3. The standard InChI is InChI=1S/C21H53N3O28P6/c1-22-16-39-11-19(10-25)51-57(35,36)46-9-7-45-56(33,34)49-15-21(13-41-18-24-3)52-58(37,38)47-8-6-43-54(29,30)42-4-5-44-55(31,32)48-14-20(12-40-17-23-2)50-53(26,27)28/h19-25H,4-18H2,1-3H3,(H,29,30)(H,31,32)(H,33,34)(H,35,36)(H,37,38)(H2,26,27,28). The Morgan fingerprint density at radius 3 is 0.983 bits per heavy atom. The first kappa shape index (κ1) is 58.4. The summed E-state index contributed by atoms with van der Waals surface area (Å²) < 4.78 is 138. The van der Waals surface area contributed by atoms with Crippen LogP contribution in [0.2, 0.25) is 0 Å². The zero-order valence-corrected chi connectivity index (χ0v) is 36.6. The fourth-order valence-electron chi connectivity index (χ4n) is 3.23. The lowest BCUT2D eigenvalue weighted by molar-refractivity contribution is -0.0112. The van der Waals surface area contributed by atoms with Crippen LogP contribution in [0, 0.1) is 0 Å². The van der Waals surface area contributed by atoms with Gasteiger partial charge in [-0.05, 0) is 21.1 Å². The van der Waals surface area contributed by atoms with Crippen molar-refractivity contribution in [2.45, 2.75) is 18.3 Å². The largest absolute Gasteiger partial charge is 0.472 e. The monoisotopic (exact) mass is 981 g/mol. The summed E-state index contributed by atoms with van der Waals surface area (Å²) >= 11 is 0. The number of hydrogen-bond acceptors (Lipinski definition) is 24. The lowest BCUT2D eigenvalue weighted by Gasteiger charge is -2.22. The smallest absolute Gasteiger partial charge is 0.394 e. The molecule has 0 heterocycles. The zero-order chi connectivity index (χ0) is 44.4. The summed E-state index contributed by atoms with van der Waals surface area (Å²) in [5.41, 5.74) is 0. The molecule has 350 valence electrons. The predicted molar refractivity (Wildman–Crippen MR) is 190 cm³/mol. The van der Waals surface area contributed by atoms with Crippen molar-refractivity contribution in [3.05, 3.63) is 0 Å². The molecule has 37 heteroatoms. The fourth-order valence-corrected chi connectivity index (χ4v) is 7.62. The van der Waals surface area contributed by atoms with Gasteiger partial charge in [-0.25, -0.2) is 27.4 Å². The van der Waals surface area contributed by atoms with Crippen LogP contribution in [0.3, 0.4) is 0 Å². The van der Waals surface area contributed by atoms with Crippen LogP contribution in [0.4, 0.5) is 0 Å². The lowest BCUT2D eigenvalue weighted by atomic mass is 10.4. The third-order valence-corrected chi connectivity index (χ3v) is 11.0. The van der Waals surface area contributed by atoms with E-state index in [1.807, 2.05) is 0 Å². The number of ether oxygens (including phenoxy) is 3. The Bertz CT molecular complexity index is 1400. The molecule has 0 rings (SSSR count). The SMILES string of the molecule is CNCOCC(COP(=O)(O)OCCOP(=O)(O)OCCOP(=O)(O)OC(COCNC)COP(=O)(O)OCCOP(=O)(O)OC(CO)COCNC)OP(=O)(O)O. The van der Waals surface area contributed by atoms with E-state index in [-0.39, 0.29) is 26.8 Å². The van der Waals surface area contributed by atoms with E-state index in [1.54, 1.807) is 7.05 Å². The fraction of sp³-hybridized carbons (Fsp3) is 1.00. The number of phosphoric acid groups is 6. The van der Waals surface area contributed by atoms with Gasteiger partial charge < -0.3 is 53.6 Å². The molecule has 0 saturated heterocycles. The van der Waals surface area contributed by atoms with Crippen molar-refractivity contribution in [2.75, 3.05) is 121 Å². The van der Waals surface area contributed by atoms with Crippen LogP contribution in [0.25, 0.3) is 0 Å². The van der Waals surface area contributed by atoms with Gasteiger partial charge in [-0.3, -0.25) is 65.7 Å². The molecule has 0 saturated carbocycles. The van der Waals surface area contributed by atoms with Gasteiger partial charge in [0, 0.05) is 0 Å². The Kier molecular flexibility index (Phi) is 30.7. The number of nitrogens with one attached hydrogen (secondary N) is 3. The van der Waals surface area contributed by atoms with E-state index in [4.69, 9.17) is 37.6 Å². The maximum absolute atomic E-state index is 12.5. The molecule has 0 radical (unpaired) electrons. The molecule has 0 aromatic rings. The minimum Gasteiger partial charge on any atom is -0.394 e. The highest BCUT2D eigenvalue weighted by molar-refractivity contribution is 7.48. The number of aliphatic hydroxyl groups is 1. The van der Waals surface area contributed by atoms with Crippen LogP contribution in [0.15, 0.2) is 0 Å². The third kappa shape index (κ3) is 33.9. The molecule has 0 aliphatic heterocycles. The molecule has 0 spiro atoms. The van der Waals surface area contributed by atoms with E-state index in [0.717, 1.165) is 0 Å². The van der Waals surface area contributed by atoms with Crippen LogP contribution in [-0.2, 0) is 91.4 Å². The van der Waals surface area contributed by atoms with E-state index in [2.05, 4.69) is 52.1 Å². The van der Waals surface area contributed by atoms with E-state index in [9.17, 15) is 57.0 Å². The van der Waals surface area contributed by atoms with Crippen molar-refractivity contribution in [2.24, 2.45) is 0 Å². The first-order valence-corrected chi connectivity index (χ1v) is 25.1. The van der Waals surface area contributed by atoms with Gasteiger partial charge in [-0.1, -0.05) is 0 Å². The Morgan fingerprint density at radius 2 is 0.672 bits per heavy atom. The first-order valence-electron chi connectivity index (χ1n) is 16.1. The lowest BCUT2D eigenvalue weighted by Crippen LogP contribution is -2.27. The molecule has 11 N–H and O–H groups in total. The average Bonchev–Trinajstić information content (AvgIpc) is 3.11. The number of rotatable bonds is 40. The van der Waals surface area contributed by atoms with Gasteiger partial charge in [0.2, 0.25) is 0 Å². The van der Waals surface area contributed by atoms with Crippen molar-refractivity contribution in [1.82, 2.24) is 16.0 Å². The third-order valence-electron chi connectivity index (χ3n) is 5.33. The van der Waals surface area contributed by atoms with Crippen LogP contribution < -0.4 is 16.0 Å². The molecule has 58 heavy (non-hydrogen) atoms. The number of hydrogen-bond donors (Lipinski definition) is 11. The second-order valence-electron chi connectivity index (χ2n) is 10.4. The Labute approximate surface area is 332 Å². The first-order chi connectivity index (χ1) is 26.9. The highest BCUT2D eigenvalue weighted by atomic mass is 31.2. The number of phosphoric ester groups is 6. The zero-order valence-electron chi connectivity index (χ0n) is 31.3. The molecule has 0 aromatic carbocycles. The van der Waals surface area contributed by atoms with Crippen molar-refractivity contribution in [1.29, 1.82) is 0 Å². The van der Waals surface area contributed by atoms with Gasteiger partial charge in [-0.2, -0.15) is 0 Å². The summed E-state index contributed by atoms with van der Waals surface area (Å²) in [6, 6.07) is 0. The topological polar surface area (TPSA) is 430 Å².